The molecule has 6 heteroatoms. The molecule has 0 spiro atoms. The molecular formula is C30H33N3O3. The molecular weight excluding hydrogens is 450 g/mol. The number of methoxy groups -OCH3 is 1. The molecule has 0 fully saturated rings. The molecule has 0 aliphatic carbocycles. The van der Waals surface area contributed by atoms with Gasteiger partial charge in [-0.25, -0.2) is 4.79 Å². The molecule has 5 rings (SSSR count). The Morgan fingerprint density at radius 1 is 1.03 bits per heavy atom. The maximum absolute atomic E-state index is 13.6. The van der Waals surface area contributed by atoms with Gasteiger partial charge in [0.05, 0.1) is 13.3 Å². The Labute approximate surface area is 212 Å². The van der Waals surface area contributed by atoms with Crippen molar-refractivity contribution in [3.63, 3.8) is 0 Å². The van der Waals surface area contributed by atoms with E-state index in [0.29, 0.717) is 16.9 Å². The van der Waals surface area contributed by atoms with Crippen LogP contribution in [-0.2, 0) is 16.9 Å². The molecule has 0 bridgehead atoms. The van der Waals surface area contributed by atoms with Gasteiger partial charge < -0.3 is 18.9 Å². The number of hydrogen-bond donors (Lipinski definition) is 0. The van der Waals surface area contributed by atoms with Gasteiger partial charge in [0.2, 0.25) is 0 Å². The maximum atomic E-state index is 13.6. The average molecular weight is 484 g/mol. The predicted molar refractivity (Wildman–Crippen MR) is 143 cm³/mol. The fourth-order valence-electron chi connectivity index (χ4n) is 5.95. The summed E-state index contributed by atoms with van der Waals surface area (Å²) < 4.78 is 14.4. The number of rotatable bonds is 7. The molecule has 0 saturated carbocycles. The molecule has 0 radical (unpaired) electrons. The lowest BCUT2D eigenvalue weighted by Crippen LogP contribution is -2.32. The van der Waals surface area contributed by atoms with Crippen LogP contribution in [0.2, 0.25) is 0 Å². The molecule has 186 valence electrons. The van der Waals surface area contributed by atoms with Crippen molar-refractivity contribution in [2.24, 2.45) is 0 Å². The highest BCUT2D eigenvalue weighted by molar-refractivity contribution is 6.01. The van der Waals surface area contributed by atoms with E-state index in [0.717, 1.165) is 58.6 Å². The summed E-state index contributed by atoms with van der Waals surface area (Å²) >= 11 is 0. The molecule has 36 heavy (non-hydrogen) atoms. The van der Waals surface area contributed by atoms with E-state index in [4.69, 9.17) is 9.47 Å². The number of fused-ring (bicyclic) bond motifs is 2. The maximum Gasteiger partial charge on any atom is 0.344 e. The Kier molecular flexibility index (Phi) is 5.99. The number of esters is 1. The van der Waals surface area contributed by atoms with Gasteiger partial charge in [0.1, 0.15) is 5.56 Å². The van der Waals surface area contributed by atoms with E-state index in [1.807, 2.05) is 12.1 Å². The van der Waals surface area contributed by atoms with Crippen molar-refractivity contribution in [3.05, 3.63) is 88.4 Å². The first-order valence-electron chi connectivity index (χ1n) is 12.6. The third-order valence-electron chi connectivity index (χ3n) is 7.58. The second-order valence-corrected chi connectivity index (χ2v) is 9.23. The molecule has 0 saturated heterocycles. The normalized spacial score (nSPS) is 16.8. The lowest BCUT2D eigenvalue weighted by atomic mass is 9.77. The fraction of sp³-hybridized carbons (Fsp3) is 0.333. The van der Waals surface area contributed by atoms with Gasteiger partial charge in [0, 0.05) is 64.8 Å². The highest BCUT2D eigenvalue weighted by atomic mass is 16.6. The Hall–Kier alpha value is -3.80. The van der Waals surface area contributed by atoms with Crippen LogP contribution in [0, 0.1) is 13.8 Å². The van der Waals surface area contributed by atoms with Crippen molar-refractivity contribution >= 4 is 22.6 Å². The molecule has 3 heterocycles. The zero-order valence-electron chi connectivity index (χ0n) is 21.9. The largest absolute Gasteiger partial charge is 0.494 e. The van der Waals surface area contributed by atoms with Crippen molar-refractivity contribution in [3.8, 4) is 5.75 Å². The number of carbonyl (C=O) groups excluding carboxylic acids is 1. The molecule has 1 unspecified atom stereocenters. The van der Waals surface area contributed by atoms with Gasteiger partial charge in [-0.3, -0.25) is 4.98 Å². The minimum absolute atomic E-state index is 0.399. The Morgan fingerprint density at radius 2 is 1.78 bits per heavy atom. The van der Waals surface area contributed by atoms with E-state index in [1.54, 1.807) is 19.5 Å². The van der Waals surface area contributed by atoms with Gasteiger partial charge in [-0.1, -0.05) is 24.3 Å². The van der Waals surface area contributed by atoms with Crippen LogP contribution < -0.4 is 9.64 Å². The smallest absolute Gasteiger partial charge is 0.344 e. The van der Waals surface area contributed by atoms with Crippen LogP contribution in [-0.4, -0.2) is 35.7 Å². The Balaban J connectivity index is 1.91. The predicted octanol–water partition coefficient (Wildman–Crippen LogP) is 5.99. The summed E-state index contributed by atoms with van der Waals surface area (Å²) in [7, 11) is 1.56. The number of aromatic nitrogens is 2. The van der Waals surface area contributed by atoms with Crippen LogP contribution in [0.5, 0.6) is 5.75 Å². The summed E-state index contributed by atoms with van der Waals surface area (Å²) in [5.74, 6) is 0.0258. The van der Waals surface area contributed by atoms with Gasteiger partial charge in [-0.2, -0.15) is 0 Å². The second-order valence-electron chi connectivity index (χ2n) is 9.23. The van der Waals surface area contributed by atoms with Crippen LogP contribution in [0.25, 0.3) is 10.9 Å². The molecule has 2 aromatic carbocycles. The Morgan fingerprint density at radius 3 is 2.44 bits per heavy atom. The van der Waals surface area contributed by atoms with Crippen LogP contribution in [0.15, 0.2) is 54.9 Å². The van der Waals surface area contributed by atoms with E-state index >= 15 is 0 Å². The van der Waals surface area contributed by atoms with Crippen molar-refractivity contribution in [1.82, 2.24) is 9.55 Å². The summed E-state index contributed by atoms with van der Waals surface area (Å²) in [6, 6.07) is 14.8. The first kappa shape index (κ1) is 23.9. The molecule has 0 N–H and O–H groups in total. The highest BCUT2D eigenvalue weighted by Crippen LogP contribution is 2.53. The standard InChI is InChI=1S/C30H33N3O3/c1-7-32(8-2)21-14-15-23(19(4)16-21)30(24-17-31-18-26(35-6)27(24)29(34)36-30)28-20(5)33(9-3)25-13-11-10-12-22(25)28/h10-18H,7-9H2,1-6H3. The summed E-state index contributed by atoms with van der Waals surface area (Å²) in [5.41, 5.74) is 6.29. The molecule has 6 nitrogen and oxygen atoms in total. The zero-order chi connectivity index (χ0) is 25.6. The van der Waals surface area contributed by atoms with Gasteiger partial charge in [0.25, 0.3) is 0 Å². The number of ether oxygens (including phenoxy) is 2. The van der Waals surface area contributed by atoms with Crippen molar-refractivity contribution in [2.45, 2.75) is 46.8 Å². The van der Waals surface area contributed by atoms with E-state index in [9.17, 15) is 4.79 Å². The SMILES string of the molecule is CCN(CC)c1ccc(C2(c3c(C)n(CC)c4ccccc34)OC(=O)c3c(OC)cncc32)c(C)c1. The minimum Gasteiger partial charge on any atom is -0.494 e. The molecule has 2 aromatic heterocycles. The van der Waals surface area contributed by atoms with Gasteiger partial charge in [-0.15, -0.1) is 0 Å². The topological polar surface area (TPSA) is 56.6 Å². The fourth-order valence-corrected chi connectivity index (χ4v) is 5.95. The van der Waals surface area contributed by atoms with Crippen LogP contribution in [0.4, 0.5) is 5.69 Å². The van der Waals surface area contributed by atoms with E-state index < -0.39 is 11.6 Å². The number of benzene rings is 2. The molecule has 1 aliphatic heterocycles. The third-order valence-corrected chi connectivity index (χ3v) is 7.58. The van der Waals surface area contributed by atoms with E-state index in [2.05, 4.69) is 79.4 Å². The number of aryl methyl sites for hydroxylation is 2. The zero-order valence-corrected chi connectivity index (χ0v) is 21.9. The molecule has 1 aliphatic rings. The molecule has 4 aromatic rings. The average Bonchev–Trinajstić information content (AvgIpc) is 3.35. The monoisotopic (exact) mass is 483 g/mol. The summed E-state index contributed by atoms with van der Waals surface area (Å²) in [6.07, 6.45) is 3.34. The van der Waals surface area contributed by atoms with E-state index in [1.165, 1.54) is 0 Å². The van der Waals surface area contributed by atoms with Gasteiger partial charge in [0.15, 0.2) is 11.4 Å². The van der Waals surface area contributed by atoms with Gasteiger partial charge >= 0.3 is 5.97 Å². The number of carbonyl (C=O) groups is 1. The minimum atomic E-state index is -1.15. The number of anilines is 1. The van der Waals surface area contributed by atoms with Gasteiger partial charge in [-0.05, 0) is 58.4 Å². The number of para-hydroxylation sites is 1. The highest BCUT2D eigenvalue weighted by Gasteiger charge is 2.53. The summed E-state index contributed by atoms with van der Waals surface area (Å²) in [4.78, 5) is 20.4. The number of nitrogens with zero attached hydrogens (tertiary/aromatic N) is 3. The third kappa shape index (κ3) is 3.24. The van der Waals surface area contributed by atoms with Crippen molar-refractivity contribution in [2.75, 3.05) is 25.1 Å². The first-order valence-corrected chi connectivity index (χ1v) is 12.6. The number of pyridine rings is 1. The van der Waals surface area contributed by atoms with Crippen LogP contribution in [0.3, 0.4) is 0 Å². The lowest BCUT2D eigenvalue weighted by molar-refractivity contribution is 0.0250. The first-order chi connectivity index (χ1) is 17.4. The van der Waals surface area contributed by atoms with Crippen molar-refractivity contribution < 1.29 is 14.3 Å². The quantitative estimate of drug-likeness (QED) is 0.302. The number of cyclic esters (lactones) is 1. The number of hydrogen-bond acceptors (Lipinski definition) is 5. The van der Waals surface area contributed by atoms with E-state index in [-0.39, 0.29) is 0 Å². The summed E-state index contributed by atoms with van der Waals surface area (Å²) in [5, 5.41) is 1.06. The second kappa shape index (κ2) is 9.01. The summed E-state index contributed by atoms with van der Waals surface area (Å²) in [6.45, 7) is 13.3. The van der Waals surface area contributed by atoms with Crippen molar-refractivity contribution in [1.29, 1.82) is 0 Å². The lowest BCUT2D eigenvalue weighted by Gasteiger charge is -2.33. The van der Waals surface area contributed by atoms with Crippen LogP contribution >= 0.6 is 0 Å². The Bertz CT molecular complexity index is 1470. The molecule has 1 atom stereocenters. The van der Waals surface area contributed by atoms with Crippen LogP contribution in [0.1, 0.15) is 59.1 Å². The molecule has 0 amide bonds.